The number of nitrogens with zero attached hydrogens (tertiary/aromatic N) is 2. The Kier molecular flexibility index (Phi) is 9.67. The number of furan rings is 1. The number of carboxylic acids is 2. The molecule has 37 heavy (non-hydrogen) atoms. The summed E-state index contributed by atoms with van der Waals surface area (Å²) >= 11 is 0. The number of rotatable bonds is 3. The molecule has 2 aromatic heterocycles. The van der Waals surface area contributed by atoms with Crippen LogP contribution in [0.5, 0.6) is 0 Å². The van der Waals surface area contributed by atoms with Crippen LogP contribution in [-0.2, 0) is 20.9 Å². The summed E-state index contributed by atoms with van der Waals surface area (Å²) in [6.07, 6.45) is -2.02. The molecule has 2 aliphatic heterocycles. The zero-order chi connectivity index (χ0) is 27.9. The number of pyridine rings is 1. The summed E-state index contributed by atoms with van der Waals surface area (Å²) in [7, 11) is 0. The number of halogens is 6. The minimum Gasteiger partial charge on any atom is -0.475 e. The highest BCUT2D eigenvalue weighted by Crippen LogP contribution is 2.39. The molecule has 4 heterocycles. The molecule has 0 aromatic carbocycles. The number of hydrogen-bond donors (Lipinski definition) is 3. The number of piperidine rings is 1. The number of carbonyl (C=O) groups excluding carboxylic acids is 1. The Labute approximate surface area is 206 Å². The third-order valence-electron chi connectivity index (χ3n) is 5.67. The molecule has 0 saturated carbocycles. The van der Waals surface area contributed by atoms with Gasteiger partial charge in [0.2, 0.25) is 5.91 Å². The van der Waals surface area contributed by atoms with Gasteiger partial charge in [0.25, 0.3) is 0 Å². The fourth-order valence-corrected chi connectivity index (χ4v) is 3.84. The molecule has 4 rings (SSSR count). The van der Waals surface area contributed by atoms with Crippen molar-refractivity contribution in [1.29, 1.82) is 0 Å². The van der Waals surface area contributed by atoms with Crippen molar-refractivity contribution >= 4 is 17.8 Å². The van der Waals surface area contributed by atoms with Crippen LogP contribution in [0.1, 0.15) is 36.5 Å². The van der Waals surface area contributed by atoms with Gasteiger partial charge < -0.3 is 19.9 Å². The van der Waals surface area contributed by atoms with Crippen LogP contribution in [0, 0.1) is 0 Å². The fraction of sp³-hybridized carbons (Fsp3) is 0.455. The van der Waals surface area contributed by atoms with E-state index in [0.717, 1.165) is 50.2 Å². The molecule has 0 aliphatic carbocycles. The largest absolute Gasteiger partial charge is 0.490 e. The summed E-state index contributed by atoms with van der Waals surface area (Å²) in [6.45, 7) is 2.83. The molecule has 204 valence electrons. The quantitative estimate of drug-likeness (QED) is 0.505. The van der Waals surface area contributed by atoms with E-state index in [0.29, 0.717) is 0 Å². The van der Waals surface area contributed by atoms with Crippen LogP contribution in [0.2, 0.25) is 0 Å². The summed E-state index contributed by atoms with van der Waals surface area (Å²) < 4.78 is 68.9. The van der Waals surface area contributed by atoms with E-state index in [1.54, 1.807) is 18.7 Å². The van der Waals surface area contributed by atoms with E-state index in [-0.39, 0.29) is 17.4 Å². The fourth-order valence-electron chi connectivity index (χ4n) is 3.84. The number of aliphatic carboxylic acids is 2. The van der Waals surface area contributed by atoms with E-state index in [4.69, 9.17) is 24.2 Å². The second-order valence-corrected chi connectivity index (χ2v) is 8.27. The zero-order valence-electron chi connectivity index (χ0n) is 19.1. The van der Waals surface area contributed by atoms with Crippen molar-refractivity contribution in [3.8, 4) is 0 Å². The summed E-state index contributed by atoms with van der Waals surface area (Å²) in [6, 6.07) is 7.85. The molecular weight excluding hydrogens is 516 g/mol. The first kappa shape index (κ1) is 29.6. The van der Waals surface area contributed by atoms with E-state index >= 15 is 0 Å². The van der Waals surface area contributed by atoms with Crippen LogP contribution in [0.15, 0.2) is 47.3 Å². The van der Waals surface area contributed by atoms with Crippen molar-refractivity contribution in [1.82, 2.24) is 15.2 Å². The highest BCUT2D eigenvalue weighted by molar-refractivity contribution is 5.87. The van der Waals surface area contributed by atoms with Crippen LogP contribution in [0.25, 0.3) is 0 Å². The second kappa shape index (κ2) is 12.1. The summed E-state index contributed by atoms with van der Waals surface area (Å²) in [4.78, 5) is 36.7. The van der Waals surface area contributed by atoms with Crippen molar-refractivity contribution in [3.05, 3.63) is 54.2 Å². The third-order valence-corrected chi connectivity index (χ3v) is 5.67. The maximum atomic E-state index is 12.4. The number of likely N-dealkylation sites (tertiary alicyclic amines) is 1. The SMILES string of the molecule is O=C(O)C(F)(F)F.O=C(O)C(F)(F)F.O=C1NC2(CCN(Cc3ccco3)CC2)CC1c1ccncc1. The molecule has 0 radical (unpaired) electrons. The maximum absolute atomic E-state index is 12.4. The highest BCUT2D eigenvalue weighted by atomic mass is 19.4. The molecule has 15 heteroatoms. The summed E-state index contributed by atoms with van der Waals surface area (Å²) in [5.41, 5.74) is 1.04. The van der Waals surface area contributed by atoms with E-state index in [9.17, 15) is 31.1 Å². The first-order chi connectivity index (χ1) is 17.1. The van der Waals surface area contributed by atoms with Crippen LogP contribution >= 0.6 is 0 Å². The van der Waals surface area contributed by atoms with Gasteiger partial charge >= 0.3 is 24.3 Å². The standard InChI is InChI=1S/C18H21N3O2.2C2HF3O2/c22-17-16(14-3-7-19-8-4-14)12-18(20-17)5-9-21(10-6-18)13-15-2-1-11-23-15;2*3-2(4,5)1(6)7/h1-4,7-8,11,16H,5-6,9-10,12-13H2,(H,20,22);2*(H,6,7). The molecule has 2 saturated heterocycles. The molecule has 3 N–H and O–H groups in total. The van der Waals surface area contributed by atoms with Crippen LogP contribution < -0.4 is 5.32 Å². The van der Waals surface area contributed by atoms with Gasteiger partial charge in [-0.25, -0.2) is 9.59 Å². The third kappa shape index (κ3) is 9.08. The number of carbonyl (C=O) groups is 3. The van der Waals surface area contributed by atoms with Crippen molar-refractivity contribution in [2.45, 2.75) is 49.6 Å². The van der Waals surface area contributed by atoms with E-state index in [1.807, 2.05) is 24.3 Å². The highest BCUT2D eigenvalue weighted by Gasteiger charge is 2.46. The molecule has 2 aliphatic rings. The van der Waals surface area contributed by atoms with Gasteiger partial charge in [-0.3, -0.25) is 14.7 Å². The molecule has 2 aromatic rings. The summed E-state index contributed by atoms with van der Waals surface area (Å²) in [5.74, 6) is -4.38. The van der Waals surface area contributed by atoms with E-state index in [1.165, 1.54) is 0 Å². The Bertz CT molecular complexity index is 1010. The Morgan fingerprint density at radius 3 is 1.97 bits per heavy atom. The molecule has 2 fully saturated rings. The van der Waals surface area contributed by atoms with Gasteiger partial charge in [0, 0.05) is 31.0 Å². The predicted octanol–water partition coefficient (Wildman–Crippen LogP) is 3.58. The van der Waals surface area contributed by atoms with E-state index < -0.39 is 24.3 Å². The number of nitrogens with one attached hydrogen (secondary N) is 1. The first-order valence-electron chi connectivity index (χ1n) is 10.7. The number of aromatic nitrogens is 1. The Hall–Kier alpha value is -3.62. The van der Waals surface area contributed by atoms with Gasteiger partial charge in [-0.1, -0.05) is 0 Å². The lowest BCUT2D eigenvalue weighted by Crippen LogP contribution is -2.50. The van der Waals surface area contributed by atoms with Gasteiger partial charge in [0.1, 0.15) is 5.76 Å². The number of carboxylic acid groups (broad SMARTS) is 2. The number of hydrogen-bond acceptors (Lipinski definition) is 6. The maximum Gasteiger partial charge on any atom is 0.490 e. The topological polar surface area (TPSA) is 133 Å². The van der Waals surface area contributed by atoms with Gasteiger partial charge in [-0.15, -0.1) is 0 Å². The van der Waals surface area contributed by atoms with Crippen LogP contribution in [0.4, 0.5) is 26.3 Å². The Balaban J connectivity index is 0.000000286. The van der Waals surface area contributed by atoms with E-state index in [2.05, 4.69) is 15.2 Å². The summed E-state index contributed by atoms with van der Waals surface area (Å²) in [5, 5.41) is 17.5. The van der Waals surface area contributed by atoms with Crippen LogP contribution in [-0.4, -0.2) is 68.9 Å². The van der Waals surface area contributed by atoms with Crippen molar-refractivity contribution < 1.29 is 55.4 Å². The molecular formula is C22H23F6N3O6. The average molecular weight is 539 g/mol. The smallest absolute Gasteiger partial charge is 0.475 e. The molecule has 9 nitrogen and oxygen atoms in total. The Morgan fingerprint density at radius 1 is 1.03 bits per heavy atom. The van der Waals surface area contributed by atoms with Crippen molar-refractivity contribution in [2.75, 3.05) is 13.1 Å². The lowest BCUT2D eigenvalue weighted by molar-refractivity contribution is -0.193. The average Bonchev–Trinajstić information content (AvgIpc) is 3.43. The molecule has 1 amide bonds. The normalized spacial score (nSPS) is 19.2. The van der Waals surface area contributed by atoms with Crippen LogP contribution in [0.3, 0.4) is 0 Å². The minimum atomic E-state index is -5.08. The van der Waals surface area contributed by atoms with Gasteiger partial charge in [-0.05, 0) is 49.1 Å². The Morgan fingerprint density at radius 2 is 1.54 bits per heavy atom. The van der Waals surface area contributed by atoms with Crippen molar-refractivity contribution in [3.63, 3.8) is 0 Å². The zero-order valence-corrected chi connectivity index (χ0v) is 19.1. The molecule has 0 bridgehead atoms. The second-order valence-electron chi connectivity index (χ2n) is 8.27. The number of amides is 1. The van der Waals surface area contributed by atoms with Gasteiger partial charge in [0.15, 0.2) is 0 Å². The van der Waals surface area contributed by atoms with Crippen molar-refractivity contribution in [2.24, 2.45) is 0 Å². The lowest BCUT2D eigenvalue weighted by atomic mass is 9.82. The number of alkyl halides is 6. The van der Waals surface area contributed by atoms with Gasteiger partial charge in [0.05, 0.1) is 18.7 Å². The molecule has 1 spiro atoms. The monoisotopic (exact) mass is 539 g/mol. The minimum absolute atomic E-state index is 0.0328. The van der Waals surface area contributed by atoms with Gasteiger partial charge in [-0.2, -0.15) is 26.3 Å². The lowest BCUT2D eigenvalue weighted by Gasteiger charge is -2.39. The predicted molar refractivity (Wildman–Crippen MR) is 113 cm³/mol. The first-order valence-corrected chi connectivity index (χ1v) is 10.7. The molecule has 1 unspecified atom stereocenters. The molecule has 1 atom stereocenters.